The first-order chi connectivity index (χ1) is 14.5. The molecule has 0 heterocycles. The fourth-order valence-corrected chi connectivity index (χ4v) is 3.59. The molecular formula is C26H27N3O. The first-order valence-electron chi connectivity index (χ1n) is 10.2. The highest BCUT2D eigenvalue weighted by Gasteiger charge is 2.18. The fourth-order valence-electron chi connectivity index (χ4n) is 3.59. The molecule has 30 heavy (non-hydrogen) atoms. The van der Waals surface area contributed by atoms with Crippen LogP contribution in [-0.2, 0) is 6.42 Å². The largest absolute Gasteiger partial charge is 0.350 e. The normalized spacial score (nSPS) is 11.7. The molecule has 0 aliphatic heterocycles. The van der Waals surface area contributed by atoms with Gasteiger partial charge in [0.15, 0.2) is 0 Å². The molecule has 1 unspecified atom stereocenters. The number of hydrogen-bond acceptors (Lipinski definition) is 3. The molecule has 0 saturated heterocycles. The van der Waals surface area contributed by atoms with Gasteiger partial charge >= 0.3 is 0 Å². The van der Waals surface area contributed by atoms with Crippen LogP contribution in [0.15, 0.2) is 72.8 Å². The molecule has 0 bridgehead atoms. The van der Waals surface area contributed by atoms with Crippen molar-refractivity contribution in [2.24, 2.45) is 0 Å². The fraction of sp³-hybridized carbons (Fsp3) is 0.231. The van der Waals surface area contributed by atoms with E-state index >= 15 is 0 Å². The Hall–Kier alpha value is -3.42. The minimum Gasteiger partial charge on any atom is -0.350 e. The quantitative estimate of drug-likeness (QED) is 0.622. The van der Waals surface area contributed by atoms with E-state index in [-0.39, 0.29) is 11.9 Å². The van der Waals surface area contributed by atoms with Crippen LogP contribution in [0, 0.1) is 11.3 Å². The van der Waals surface area contributed by atoms with Crippen molar-refractivity contribution in [3.8, 4) is 17.2 Å². The second kappa shape index (κ2) is 9.87. The third-order valence-electron chi connectivity index (χ3n) is 5.36. The van der Waals surface area contributed by atoms with Gasteiger partial charge in [0.2, 0.25) is 0 Å². The Morgan fingerprint density at radius 1 is 0.967 bits per heavy atom. The second-order valence-corrected chi connectivity index (χ2v) is 7.49. The van der Waals surface area contributed by atoms with E-state index in [1.165, 1.54) is 11.1 Å². The smallest absolute Gasteiger partial charge is 0.251 e. The van der Waals surface area contributed by atoms with Gasteiger partial charge in [0.1, 0.15) is 0 Å². The summed E-state index contributed by atoms with van der Waals surface area (Å²) >= 11 is 0. The molecule has 0 fully saturated rings. The lowest BCUT2D eigenvalue weighted by Gasteiger charge is -2.25. The number of likely N-dealkylation sites (N-methyl/N-ethyl adjacent to an activating group) is 1. The molecule has 0 aromatic heterocycles. The number of carbonyl (C=O) groups is 1. The van der Waals surface area contributed by atoms with Crippen molar-refractivity contribution in [1.29, 1.82) is 5.26 Å². The van der Waals surface area contributed by atoms with Crippen LogP contribution >= 0.6 is 0 Å². The highest BCUT2D eigenvalue weighted by molar-refractivity contribution is 6.01. The molecule has 0 aliphatic rings. The molecule has 3 aromatic rings. The number of benzene rings is 3. The molecule has 1 amide bonds. The van der Waals surface area contributed by atoms with Gasteiger partial charge < -0.3 is 10.2 Å². The Labute approximate surface area is 178 Å². The molecular weight excluding hydrogens is 370 g/mol. The summed E-state index contributed by atoms with van der Waals surface area (Å²) in [5.41, 5.74) is 5.12. The van der Waals surface area contributed by atoms with Gasteiger partial charge in [0.05, 0.1) is 17.7 Å². The molecule has 0 saturated carbocycles. The number of rotatable bonds is 7. The molecule has 0 aliphatic carbocycles. The Morgan fingerprint density at radius 3 is 2.23 bits per heavy atom. The molecule has 4 heteroatoms. The van der Waals surface area contributed by atoms with Gasteiger partial charge in [-0.15, -0.1) is 0 Å². The molecule has 1 N–H and O–H groups in total. The Balaban J connectivity index is 1.83. The number of aryl methyl sites for hydroxylation is 1. The minimum absolute atomic E-state index is 0.0680. The number of nitrogens with one attached hydrogen (secondary N) is 1. The van der Waals surface area contributed by atoms with E-state index in [0.717, 1.165) is 17.5 Å². The molecule has 0 spiro atoms. The van der Waals surface area contributed by atoms with Crippen molar-refractivity contribution in [2.75, 3.05) is 20.6 Å². The molecule has 4 nitrogen and oxygen atoms in total. The van der Waals surface area contributed by atoms with Crippen molar-refractivity contribution in [3.05, 3.63) is 95.1 Å². The molecule has 3 rings (SSSR count). The number of nitriles is 1. The monoisotopic (exact) mass is 397 g/mol. The average molecular weight is 398 g/mol. The Morgan fingerprint density at radius 2 is 1.60 bits per heavy atom. The lowest BCUT2D eigenvalue weighted by atomic mass is 9.95. The van der Waals surface area contributed by atoms with Crippen LogP contribution in [0.3, 0.4) is 0 Å². The number of nitrogens with zero attached hydrogens (tertiary/aromatic N) is 2. The Bertz CT molecular complexity index is 1050. The maximum atomic E-state index is 13.1. The van der Waals surface area contributed by atoms with E-state index in [0.29, 0.717) is 17.7 Å². The van der Waals surface area contributed by atoms with Gasteiger partial charge in [-0.25, -0.2) is 0 Å². The van der Waals surface area contributed by atoms with Crippen LogP contribution < -0.4 is 5.32 Å². The predicted molar refractivity (Wildman–Crippen MR) is 121 cm³/mol. The lowest BCUT2D eigenvalue weighted by Crippen LogP contribution is -2.34. The maximum absolute atomic E-state index is 13.1. The second-order valence-electron chi connectivity index (χ2n) is 7.49. The van der Waals surface area contributed by atoms with E-state index in [2.05, 4.69) is 47.5 Å². The summed E-state index contributed by atoms with van der Waals surface area (Å²) in [6, 6.07) is 25.6. The van der Waals surface area contributed by atoms with Crippen molar-refractivity contribution >= 4 is 5.91 Å². The summed E-state index contributed by atoms with van der Waals surface area (Å²) in [7, 11) is 4.03. The van der Waals surface area contributed by atoms with Gasteiger partial charge in [-0.2, -0.15) is 5.26 Å². The molecule has 0 radical (unpaired) electrons. The summed E-state index contributed by atoms with van der Waals surface area (Å²) in [4.78, 5) is 15.2. The van der Waals surface area contributed by atoms with Crippen LogP contribution in [0.2, 0.25) is 0 Å². The first-order valence-corrected chi connectivity index (χ1v) is 10.2. The van der Waals surface area contributed by atoms with Gasteiger partial charge in [-0.3, -0.25) is 4.79 Å². The Kier molecular flexibility index (Phi) is 7.00. The van der Waals surface area contributed by atoms with Crippen molar-refractivity contribution in [1.82, 2.24) is 10.2 Å². The minimum atomic E-state index is -0.143. The zero-order valence-corrected chi connectivity index (χ0v) is 17.7. The zero-order chi connectivity index (χ0) is 21.5. The van der Waals surface area contributed by atoms with Gasteiger partial charge in [-0.1, -0.05) is 67.6 Å². The SMILES string of the molecule is CCc1ccc(C(CNC(=O)c2ccccc2-c2ccccc2C#N)N(C)C)cc1. The lowest BCUT2D eigenvalue weighted by molar-refractivity contribution is 0.0942. The van der Waals surface area contributed by atoms with Crippen molar-refractivity contribution < 1.29 is 4.79 Å². The van der Waals surface area contributed by atoms with Crippen LogP contribution in [0.5, 0.6) is 0 Å². The number of carbonyl (C=O) groups excluding carboxylic acids is 1. The van der Waals surface area contributed by atoms with Crippen molar-refractivity contribution in [2.45, 2.75) is 19.4 Å². The van der Waals surface area contributed by atoms with Crippen LogP contribution in [-0.4, -0.2) is 31.4 Å². The highest BCUT2D eigenvalue weighted by Crippen LogP contribution is 2.27. The predicted octanol–water partition coefficient (Wildman–Crippen LogP) is 4.82. The van der Waals surface area contributed by atoms with Crippen LogP contribution in [0.4, 0.5) is 0 Å². The standard InChI is InChI=1S/C26H27N3O/c1-4-19-13-15-20(16-14-19)25(29(2)3)18-28-26(30)24-12-8-7-11-23(24)22-10-6-5-9-21(22)17-27/h5-16,25H,4,18H2,1-3H3,(H,28,30). The number of amides is 1. The first kappa shape index (κ1) is 21.3. The highest BCUT2D eigenvalue weighted by atomic mass is 16.1. The van der Waals surface area contributed by atoms with E-state index in [1.54, 1.807) is 12.1 Å². The maximum Gasteiger partial charge on any atom is 0.251 e. The zero-order valence-electron chi connectivity index (χ0n) is 17.7. The van der Waals surface area contributed by atoms with Gasteiger partial charge in [-0.05, 0) is 49.3 Å². The summed E-state index contributed by atoms with van der Waals surface area (Å²) in [5, 5.41) is 12.5. The van der Waals surface area contributed by atoms with Gasteiger partial charge in [0, 0.05) is 17.7 Å². The molecule has 3 aromatic carbocycles. The third-order valence-corrected chi connectivity index (χ3v) is 5.36. The average Bonchev–Trinajstić information content (AvgIpc) is 2.79. The van der Waals surface area contributed by atoms with E-state index in [1.807, 2.05) is 50.5 Å². The van der Waals surface area contributed by atoms with Gasteiger partial charge in [0.25, 0.3) is 5.91 Å². The topological polar surface area (TPSA) is 56.1 Å². The molecule has 1 atom stereocenters. The number of hydrogen-bond donors (Lipinski definition) is 1. The summed E-state index contributed by atoms with van der Waals surface area (Å²) < 4.78 is 0. The molecule has 152 valence electrons. The van der Waals surface area contributed by atoms with E-state index < -0.39 is 0 Å². The summed E-state index contributed by atoms with van der Waals surface area (Å²) in [5.74, 6) is -0.143. The van der Waals surface area contributed by atoms with Crippen LogP contribution in [0.25, 0.3) is 11.1 Å². The third kappa shape index (κ3) is 4.76. The van der Waals surface area contributed by atoms with E-state index in [4.69, 9.17) is 0 Å². The van der Waals surface area contributed by atoms with Crippen LogP contribution in [0.1, 0.15) is 40.0 Å². The van der Waals surface area contributed by atoms with Crippen molar-refractivity contribution in [3.63, 3.8) is 0 Å². The summed E-state index contributed by atoms with van der Waals surface area (Å²) in [6.45, 7) is 2.63. The summed E-state index contributed by atoms with van der Waals surface area (Å²) in [6.07, 6.45) is 1.00. The van der Waals surface area contributed by atoms with E-state index in [9.17, 15) is 10.1 Å².